The smallest absolute Gasteiger partial charge is 0.324 e. The molecule has 0 spiro atoms. The van der Waals surface area contributed by atoms with Crippen molar-refractivity contribution in [3.8, 4) is 0 Å². The van der Waals surface area contributed by atoms with Gasteiger partial charge in [0.15, 0.2) is 0 Å². The summed E-state index contributed by atoms with van der Waals surface area (Å²) in [6, 6.07) is -0.105. The molecule has 0 heterocycles. The van der Waals surface area contributed by atoms with E-state index in [0.717, 1.165) is 19.5 Å². The second-order valence-electron chi connectivity index (χ2n) is 5.05. The van der Waals surface area contributed by atoms with E-state index in [1.54, 1.807) is 14.2 Å². The maximum absolute atomic E-state index is 12.1. The Morgan fingerprint density at radius 2 is 1.95 bits per heavy atom. The van der Waals surface area contributed by atoms with Crippen molar-refractivity contribution in [3.63, 3.8) is 0 Å². The molecule has 0 radical (unpaired) electrons. The number of carbonyl (C=O) groups is 1. The van der Waals surface area contributed by atoms with Gasteiger partial charge in [-0.05, 0) is 26.8 Å². The molecule has 6 heteroatoms. The molecule has 0 aliphatic heterocycles. The SMILES string of the molecule is CCCNC(CN(CCOC)C(C)COC)C(=O)OCC. The van der Waals surface area contributed by atoms with Crippen LogP contribution in [0, 0.1) is 0 Å². The molecule has 126 valence electrons. The van der Waals surface area contributed by atoms with Gasteiger partial charge < -0.3 is 19.5 Å². The molecule has 1 N–H and O–H groups in total. The minimum absolute atomic E-state index is 0.196. The number of hydrogen-bond donors (Lipinski definition) is 1. The summed E-state index contributed by atoms with van der Waals surface area (Å²) >= 11 is 0. The van der Waals surface area contributed by atoms with Crippen LogP contribution in [0.15, 0.2) is 0 Å². The third kappa shape index (κ3) is 9.03. The van der Waals surface area contributed by atoms with Crippen molar-refractivity contribution < 1.29 is 19.0 Å². The first-order chi connectivity index (χ1) is 10.1. The number of nitrogens with zero attached hydrogens (tertiary/aromatic N) is 1. The number of carbonyl (C=O) groups excluding carboxylic acids is 1. The third-order valence-corrected chi connectivity index (χ3v) is 3.24. The summed E-state index contributed by atoms with van der Waals surface area (Å²) in [6.07, 6.45) is 0.974. The molecule has 0 fully saturated rings. The monoisotopic (exact) mass is 304 g/mol. The van der Waals surface area contributed by atoms with Gasteiger partial charge in [0.25, 0.3) is 0 Å². The summed E-state index contributed by atoms with van der Waals surface area (Å²) in [4.78, 5) is 14.3. The van der Waals surface area contributed by atoms with E-state index in [2.05, 4.69) is 24.1 Å². The van der Waals surface area contributed by atoms with Gasteiger partial charge in [-0.25, -0.2) is 0 Å². The zero-order valence-electron chi connectivity index (χ0n) is 14.2. The molecular formula is C15H32N2O4. The van der Waals surface area contributed by atoms with Gasteiger partial charge in [-0.2, -0.15) is 0 Å². The fourth-order valence-electron chi connectivity index (χ4n) is 2.07. The molecule has 0 bridgehead atoms. The first-order valence-corrected chi connectivity index (χ1v) is 7.72. The second kappa shape index (κ2) is 13.0. The Hall–Kier alpha value is -0.690. The Morgan fingerprint density at radius 3 is 2.48 bits per heavy atom. The summed E-state index contributed by atoms with van der Waals surface area (Å²) < 4.78 is 15.5. The van der Waals surface area contributed by atoms with E-state index in [1.807, 2.05) is 6.92 Å². The number of nitrogens with one attached hydrogen (secondary N) is 1. The van der Waals surface area contributed by atoms with Crippen LogP contribution in [0.3, 0.4) is 0 Å². The molecule has 0 rings (SSSR count). The molecule has 0 aromatic carbocycles. The van der Waals surface area contributed by atoms with Crippen molar-refractivity contribution in [2.75, 3.05) is 53.7 Å². The van der Waals surface area contributed by atoms with Crippen molar-refractivity contribution in [1.29, 1.82) is 0 Å². The molecule has 2 unspecified atom stereocenters. The molecule has 0 aliphatic rings. The molecule has 0 aliphatic carbocycles. The molecule has 0 aromatic heterocycles. The lowest BCUT2D eigenvalue weighted by molar-refractivity contribution is -0.146. The van der Waals surface area contributed by atoms with E-state index in [9.17, 15) is 4.79 Å². The van der Waals surface area contributed by atoms with Crippen molar-refractivity contribution >= 4 is 5.97 Å². The van der Waals surface area contributed by atoms with Gasteiger partial charge in [0.1, 0.15) is 6.04 Å². The molecule has 6 nitrogen and oxygen atoms in total. The maximum Gasteiger partial charge on any atom is 0.324 e. The van der Waals surface area contributed by atoms with Crippen LogP contribution in [0.5, 0.6) is 0 Å². The predicted molar refractivity (Wildman–Crippen MR) is 83.5 cm³/mol. The first-order valence-electron chi connectivity index (χ1n) is 7.72. The number of ether oxygens (including phenoxy) is 3. The number of rotatable bonds is 13. The van der Waals surface area contributed by atoms with Crippen molar-refractivity contribution in [2.45, 2.75) is 39.3 Å². The van der Waals surface area contributed by atoms with Crippen LogP contribution in [0.2, 0.25) is 0 Å². The molecule has 21 heavy (non-hydrogen) atoms. The fraction of sp³-hybridized carbons (Fsp3) is 0.933. The zero-order valence-corrected chi connectivity index (χ0v) is 14.2. The predicted octanol–water partition coefficient (Wildman–Crippen LogP) is 0.901. The molecule has 2 atom stereocenters. The van der Waals surface area contributed by atoms with Crippen LogP contribution < -0.4 is 5.32 Å². The number of esters is 1. The standard InChI is InChI=1S/C15H32N2O4/c1-6-8-16-14(15(18)21-7-2)11-17(9-10-19-4)13(3)12-20-5/h13-14,16H,6-12H2,1-5H3. The van der Waals surface area contributed by atoms with E-state index in [-0.39, 0.29) is 18.1 Å². The highest BCUT2D eigenvalue weighted by atomic mass is 16.5. The maximum atomic E-state index is 12.1. The van der Waals surface area contributed by atoms with E-state index < -0.39 is 0 Å². The number of hydrogen-bond acceptors (Lipinski definition) is 6. The quantitative estimate of drug-likeness (QED) is 0.510. The van der Waals surface area contributed by atoms with E-state index in [4.69, 9.17) is 14.2 Å². The van der Waals surface area contributed by atoms with Crippen LogP contribution in [0.25, 0.3) is 0 Å². The molecular weight excluding hydrogens is 272 g/mol. The van der Waals surface area contributed by atoms with Crippen LogP contribution in [0.4, 0.5) is 0 Å². The Balaban J connectivity index is 4.69. The summed E-state index contributed by atoms with van der Waals surface area (Å²) in [5.41, 5.74) is 0. The van der Waals surface area contributed by atoms with Gasteiger partial charge in [-0.15, -0.1) is 0 Å². The van der Waals surface area contributed by atoms with Crippen molar-refractivity contribution in [2.24, 2.45) is 0 Å². The summed E-state index contributed by atoms with van der Waals surface area (Å²) in [6.45, 7) is 9.76. The van der Waals surface area contributed by atoms with Gasteiger partial charge in [-0.1, -0.05) is 6.92 Å². The lowest BCUT2D eigenvalue weighted by Gasteiger charge is -2.31. The lowest BCUT2D eigenvalue weighted by atomic mass is 10.2. The third-order valence-electron chi connectivity index (χ3n) is 3.24. The van der Waals surface area contributed by atoms with E-state index >= 15 is 0 Å². The highest BCUT2D eigenvalue weighted by molar-refractivity contribution is 5.76. The van der Waals surface area contributed by atoms with Gasteiger partial charge in [-0.3, -0.25) is 9.69 Å². The van der Waals surface area contributed by atoms with E-state index in [0.29, 0.717) is 26.4 Å². The Bertz CT molecular complexity index is 264. The lowest BCUT2D eigenvalue weighted by Crippen LogP contribution is -2.51. The first kappa shape index (κ1) is 20.3. The Morgan fingerprint density at radius 1 is 1.24 bits per heavy atom. The zero-order chi connectivity index (χ0) is 16.1. The fourth-order valence-corrected chi connectivity index (χ4v) is 2.07. The van der Waals surface area contributed by atoms with Crippen molar-refractivity contribution in [1.82, 2.24) is 10.2 Å². The number of methoxy groups -OCH3 is 2. The van der Waals surface area contributed by atoms with E-state index in [1.165, 1.54) is 0 Å². The molecule has 0 saturated heterocycles. The Kier molecular flexibility index (Phi) is 12.6. The van der Waals surface area contributed by atoms with Gasteiger partial charge in [0, 0.05) is 33.4 Å². The minimum Gasteiger partial charge on any atom is -0.465 e. The van der Waals surface area contributed by atoms with Gasteiger partial charge in [0.2, 0.25) is 0 Å². The molecule has 0 amide bonds. The second-order valence-corrected chi connectivity index (χ2v) is 5.05. The summed E-state index contributed by atoms with van der Waals surface area (Å²) in [7, 11) is 3.36. The topological polar surface area (TPSA) is 60.0 Å². The highest BCUT2D eigenvalue weighted by Gasteiger charge is 2.24. The van der Waals surface area contributed by atoms with Crippen molar-refractivity contribution in [3.05, 3.63) is 0 Å². The van der Waals surface area contributed by atoms with Gasteiger partial charge in [0.05, 0.1) is 19.8 Å². The van der Waals surface area contributed by atoms with Gasteiger partial charge >= 0.3 is 5.97 Å². The Labute approximate surface area is 129 Å². The molecule has 0 aromatic rings. The van der Waals surface area contributed by atoms with Crippen LogP contribution >= 0.6 is 0 Å². The highest BCUT2D eigenvalue weighted by Crippen LogP contribution is 2.04. The normalized spacial score (nSPS) is 14.2. The molecule has 0 saturated carbocycles. The van der Waals surface area contributed by atoms with Crippen LogP contribution in [-0.2, 0) is 19.0 Å². The average Bonchev–Trinajstić information content (AvgIpc) is 2.47. The average molecular weight is 304 g/mol. The summed E-state index contributed by atoms with van der Waals surface area (Å²) in [5, 5.41) is 3.26. The minimum atomic E-state index is -0.318. The van der Waals surface area contributed by atoms with Crippen LogP contribution in [-0.4, -0.2) is 76.6 Å². The van der Waals surface area contributed by atoms with Crippen LogP contribution in [0.1, 0.15) is 27.2 Å². The largest absolute Gasteiger partial charge is 0.465 e. The summed E-state index contributed by atoms with van der Waals surface area (Å²) in [5.74, 6) is -0.196.